The molecule has 0 radical (unpaired) electrons. The lowest BCUT2D eigenvalue weighted by atomic mass is 9.97. The smallest absolute Gasteiger partial charge is 0.241 e. The number of carbonyl (C=O) groups is 1. The molecular weight excluding hydrogens is 440 g/mol. The fraction of sp³-hybridized carbons (Fsp3) is 0.400. The van der Waals surface area contributed by atoms with Crippen molar-refractivity contribution in [3.8, 4) is 17.1 Å². The van der Waals surface area contributed by atoms with Gasteiger partial charge in [-0.1, -0.05) is 41.0 Å². The van der Waals surface area contributed by atoms with Gasteiger partial charge in [0.25, 0.3) is 0 Å². The Kier molecular flexibility index (Phi) is 7.62. The van der Waals surface area contributed by atoms with Gasteiger partial charge in [0.15, 0.2) is 0 Å². The minimum atomic E-state index is -0.0578. The van der Waals surface area contributed by atoms with Crippen LogP contribution in [0.2, 0.25) is 5.02 Å². The van der Waals surface area contributed by atoms with Crippen molar-refractivity contribution in [2.75, 3.05) is 13.1 Å². The molecule has 1 aliphatic heterocycles. The fourth-order valence-corrected chi connectivity index (χ4v) is 4.15. The van der Waals surface area contributed by atoms with Gasteiger partial charge in [0.2, 0.25) is 17.6 Å². The Morgan fingerprint density at radius 3 is 2.85 bits per heavy atom. The summed E-state index contributed by atoms with van der Waals surface area (Å²) < 4.78 is 11.1. The molecule has 7 nitrogen and oxygen atoms in total. The van der Waals surface area contributed by atoms with Crippen molar-refractivity contribution in [2.45, 2.75) is 45.9 Å². The molecule has 1 aliphatic rings. The number of piperidine rings is 1. The molecule has 4 rings (SSSR count). The second kappa shape index (κ2) is 10.8. The zero-order valence-electron chi connectivity index (χ0n) is 19.0. The molecule has 174 valence electrons. The van der Waals surface area contributed by atoms with Crippen molar-refractivity contribution >= 4 is 17.5 Å². The zero-order chi connectivity index (χ0) is 23.2. The van der Waals surface area contributed by atoms with Crippen molar-refractivity contribution in [1.29, 1.82) is 0 Å². The second-order valence-electron chi connectivity index (χ2n) is 8.62. The van der Waals surface area contributed by atoms with Crippen LogP contribution in [0.1, 0.15) is 38.1 Å². The fourth-order valence-electron chi connectivity index (χ4n) is 3.96. The number of halogens is 1. The van der Waals surface area contributed by atoms with Crippen LogP contribution in [0, 0.1) is 5.92 Å². The van der Waals surface area contributed by atoms with Gasteiger partial charge in [-0.15, -0.1) is 0 Å². The minimum absolute atomic E-state index is 0.0578. The highest BCUT2D eigenvalue weighted by Gasteiger charge is 2.26. The van der Waals surface area contributed by atoms with Crippen LogP contribution < -0.4 is 10.1 Å². The summed E-state index contributed by atoms with van der Waals surface area (Å²) in [4.78, 5) is 19.5. The third-order valence-corrected chi connectivity index (χ3v) is 5.78. The van der Waals surface area contributed by atoms with Crippen molar-refractivity contribution in [1.82, 2.24) is 20.4 Å². The second-order valence-corrected chi connectivity index (χ2v) is 9.06. The molecule has 0 bridgehead atoms. The van der Waals surface area contributed by atoms with Gasteiger partial charge in [0.05, 0.1) is 18.6 Å². The Labute approximate surface area is 199 Å². The summed E-state index contributed by atoms with van der Waals surface area (Å²) in [6.45, 7) is 6.59. The predicted octanol–water partition coefficient (Wildman–Crippen LogP) is 4.71. The molecule has 33 heavy (non-hydrogen) atoms. The number of nitrogens with one attached hydrogen (secondary N) is 1. The first kappa shape index (κ1) is 23.3. The number of nitrogens with zero attached hydrogens (tertiary/aromatic N) is 3. The van der Waals surface area contributed by atoms with Gasteiger partial charge in [0, 0.05) is 23.7 Å². The van der Waals surface area contributed by atoms with E-state index < -0.39 is 0 Å². The van der Waals surface area contributed by atoms with Crippen molar-refractivity contribution in [2.24, 2.45) is 5.92 Å². The van der Waals surface area contributed by atoms with E-state index in [1.165, 1.54) is 0 Å². The van der Waals surface area contributed by atoms with E-state index in [0.717, 1.165) is 36.3 Å². The lowest BCUT2D eigenvalue weighted by Gasteiger charge is -2.30. The lowest BCUT2D eigenvalue weighted by molar-refractivity contribution is -0.127. The number of amides is 1. The number of carbonyl (C=O) groups excluding carboxylic acids is 1. The van der Waals surface area contributed by atoms with Crippen LogP contribution in [0.4, 0.5) is 0 Å². The molecule has 3 aromatic rings. The molecule has 1 unspecified atom stereocenters. The number of hydrogen-bond donors (Lipinski definition) is 1. The molecule has 1 aromatic heterocycles. The van der Waals surface area contributed by atoms with Crippen LogP contribution in [0.15, 0.2) is 53.1 Å². The summed E-state index contributed by atoms with van der Waals surface area (Å²) in [5, 5.41) is 7.77. The quantitative estimate of drug-likeness (QED) is 0.516. The maximum atomic E-state index is 12.8. The van der Waals surface area contributed by atoms with Gasteiger partial charge < -0.3 is 14.6 Å². The SMILES string of the molecule is CC(C)Oc1ccc(CNC(=O)C2CCCN(Cc3nc(-c4cccc(Cl)c4)no3)C2)cc1. The van der Waals surface area contributed by atoms with Crippen LogP contribution in [0.5, 0.6) is 5.75 Å². The number of benzene rings is 2. The van der Waals surface area contributed by atoms with Crippen molar-refractivity contribution in [3.63, 3.8) is 0 Å². The molecule has 0 saturated carbocycles. The third-order valence-electron chi connectivity index (χ3n) is 5.55. The van der Waals surface area contributed by atoms with E-state index in [1.807, 2.05) is 56.3 Å². The van der Waals surface area contributed by atoms with Gasteiger partial charge in [-0.3, -0.25) is 9.69 Å². The molecule has 0 aliphatic carbocycles. The third kappa shape index (κ3) is 6.55. The summed E-state index contributed by atoms with van der Waals surface area (Å²) in [6.07, 6.45) is 1.97. The monoisotopic (exact) mass is 468 g/mol. The van der Waals surface area contributed by atoms with E-state index in [-0.39, 0.29) is 17.9 Å². The molecule has 2 heterocycles. The van der Waals surface area contributed by atoms with E-state index in [4.69, 9.17) is 20.9 Å². The van der Waals surface area contributed by atoms with E-state index in [0.29, 0.717) is 36.4 Å². The van der Waals surface area contributed by atoms with Gasteiger partial charge in [-0.05, 0) is 63.1 Å². The average molecular weight is 469 g/mol. The Bertz CT molecular complexity index is 1070. The molecule has 1 fully saturated rings. The van der Waals surface area contributed by atoms with Crippen molar-refractivity contribution < 1.29 is 14.1 Å². The largest absolute Gasteiger partial charge is 0.491 e. The lowest BCUT2D eigenvalue weighted by Crippen LogP contribution is -2.42. The summed E-state index contributed by atoms with van der Waals surface area (Å²) in [5.74, 6) is 1.91. The highest BCUT2D eigenvalue weighted by Crippen LogP contribution is 2.22. The zero-order valence-corrected chi connectivity index (χ0v) is 19.7. The van der Waals surface area contributed by atoms with E-state index in [1.54, 1.807) is 6.07 Å². The molecule has 1 amide bonds. The first-order valence-electron chi connectivity index (χ1n) is 11.3. The summed E-state index contributed by atoms with van der Waals surface area (Å²) in [5.41, 5.74) is 1.86. The Morgan fingerprint density at radius 1 is 1.27 bits per heavy atom. The Balaban J connectivity index is 1.28. The molecule has 8 heteroatoms. The molecule has 1 saturated heterocycles. The molecular formula is C25H29ClN4O3. The standard InChI is InChI=1S/C25H29ClN4O3/c1-17(2)32-22-10-8-18(9-11-22)14-27-25(31)20-6-4-12-30(15-20)16-23-28-24(29-33-23)19-5-3-7-21(26)13-19/h3,5,7-11,13,17,20H,4,6,12,14-16H2,1-2H3,(H,27,31). The Hall–Kier alpha value is -2.90. The van der Waals surface area contributed by atoms with E-state index >= 15 is 0 Å². The van der Waals surface area contributed by atoms with E-state index in [9.17, 15) is 4.79 Å². The number of ether oxygens (including phenoxy) is 1. The van der Waals surface area contributed by atoms with Crippen LogP contribution in [-0.2, 0) is 17.9 Å². The number of likely N-dealkylation sites (tertiary alicyclic amines) is 1. The first-order chi connectivity index (χ1) is 16.0. The van der Waals surface area contributed by atoms with Crippen LogP contribution in [-0.4, -0.2) is 40.1 Å². The summed E-state index contributed by atoms with van der Waals surface area (Å²) >= 11 is 6.05. The highest BCUT2D eigenvalue weighted by atomic mass is 35.5. The number of hydrogen-bond acceptors (Lipinski definition) is 6. The van der Waals surface area contributed by atoms with E-state index in [2.05, 4.69) is 20.4 Å². The van der Waals surface area contributed by atoms with Crippen molar-refractivity contribution in [3.05, 3.63) is 65.0 Å². The number of rotatable bonds is 8. The van der Waals surface area contributed by atoms with Gasteiger partial charge in [0.1, 0.15) is 5.75 Å². The van der Waals surface area contributed by atoms with Gasteiger partial charge in [-0.25, -0.2) is 0 Å². The Morgan fingerprint density at radius 2 is 2.09 bits per heavy atom. The first-order valence-corrected chi connectivity index (χ1v) is 11.7. The molecule has 2 aromatic carbocycles. The maximum absolute atomic E-state index is 12.8. The van der Waals surface area contributed by atoms with Crippen LogP contribution in [0.25, 0.3) is 11.4 Å². The highest BCUT2D eigenvalue weighted by molar-refractivity contribution is 6.30. The van der Waals surface area contributed by atoms with Crippen LogP contribution in [0.3, 0.4) is 0 Å². The normalized spacial score (nSPS) is 16.7. The maximum Gasteiger partial charge on any atom is 0.241 e. The predicted molar refractivity (Wildman–Crippen MR) is 127 cm³/mol. The molecule has 1 N–H and O–H groups in total. The number of aromatic nitrogens is 2. The van der Waals surface area contributed by atoms with Gasteiger partial charge in [-0.2, -0.15) is 4.98 Å². The average Bonchev–Trinajstić information content (AvgIpc) is 3.27. The topological polar surface area (TPSA) is 80.5 Å². The molecule has 1 atom stereocenters. The minimum Gasteiger partial charge on any atom is -0.491 e. The summed E-state index contributed by atoms with van der Waals surface area (Å²) in [6, 6.07) is 15.2. The van der Waals surface area contributed by atoms with Gasteiger partial charge >= 0.3 is 0 Å². The molecule has 0 spiro atoms. The van der Waals surface area contributed by atoms with Crippen LogP contribution >= 0.6 is 11.6 Å². The summed E-state index contributed by atoms with van der Waals surface area (Å²) in [7, 11) is 0.